The first-order chi connectivity index (χ1) is 12.5. The molecule has 2 heterocycles. The molecule has 7 nitrogen and oxygen atoms in total. The first-order valence-corrected chi connectivity index (χ1v) is 8.83. The lowest BCUT2D eigenvalue weighted by atomic mass is 10.2. The fourth-order valence-electron chi connectivity index (χ4n) is 2.46. The number of benzene rings is 1. The third-order valence-corrected chi connectivity index (χ3v) is 5.15. The van der Waals surface area contributed by atoms with Gasteiger partial charge in [-0.1, -0.05) is 13.8 Å². The molecule has 0 spiro atoms. The summed E-state index contributed by atoms with van der Waals surface area (Å²) in [5.74, 6) is 2.03. The summed E-state index contributed by atoms with van der Waals surface area (Å²) < 4.78 is 10.6. The van der Waals surface area contributed by atoms with Crippen molar-refractivity contribution in [2.24, 2.45) is 5.10 Å². The minimum Gasteiger partial charge on any atom is -0.508 e. The van der Waals surface area contributed by atoms with Crippen molar-refractivity contribution >= 4 is 33.6 Å². The molecule has 0 saturated carbocycles. The summed E-state index contributed by atoms with van der Waals surface area (Å²) >= 11 is 1.65. The van der Waals surface area contributed by atoms with Crippen LogP contribution in [-0.4, -0.2) is 35.5 Å². The Hall–Kier alpha value is -2.87. The average molecular weight is 372 g/mol. The first-order valence-electron chi connectivity index (χ1n) is 8.02. The maximum atomic E-state index is 9.71. The summed E-state index contributed by atoms with van der Waals surface area (Å²) in [5.41, 5.74) is 3.57. The number of aromatic hydroxyl groups is 1. The van der Waals surface area contributed by atoms with Crippen molar-refractivity contribution in [1.82, 2.24) is 9.97 Å². The van der Waals surface area contributed by atoms with E-state index in [0.717, 1.165) is 10.2 Å². The number of aromatic nitrogens is 2. The predicted octanol–water partition coefficient (Wildman–Crippen LogP) is 3.98. The second-order valence-corrected chi connectivity index (χ2v) is 6.94. The number of methoxy groups -OCH3 is 2. The normalized spacial score (nSPS) is 11.4. The molecule has 8 heteroatoms. The summed E-state index contributed by atoms with van der Waals surface area (Å²) in [5, 5.41) is 14.9. The molecular weight excluding hydrogens is 352 g/mol. The van der Waals surface area contributed by atoms with Gasteiger partial charge < -0.3 is 14.6 Å². The highest BCUT2D eigenvalue weighted by atomic mass is 32.1. The van der Waals surface area contributed by atoms with E-state index in [1.54, 1.807) is 17.6 Å². The van der Waals surface area contributed by atoms with Crippen LogP contribution in [0.2, 0.25) is 0 Å². The number of fused-ring (bicyclic) bond motifs is 1. The van der Waals surface area contributed by atoms with Crippen LogP contribution in [0.5, 0.6) is 17.2 Å². The van der Waals surface area contributed by atoms with Gasteiger partial charge >= 0.3 is 0 Å². The van der Waals surface area contributed by atoms with Crippen LogP contribution >= 0.6 is 11.3 Å². The van der Waals surface area contributed by atoms with Crippen molar-refractivity contribution in [3.05, 3.63) is 35.0 Å². The number of phenolic OH excluding ortho intramolecular Hbond substituents is 1. The molecule has 2 aromatic heterocycles. The minimum atomic E-state index is 0.0563. The molecule has 3 aromatic rings. The summed E-state index contributed by atoms with van der Waals surface area (Å²) in [7, 11) is 3.04. The number of nitrogens with one attached hydrogen (secondary N) is 1. The molecule has 0 aliphatic heterocycles. The topological polar surface area (TPSA) is 88.9 Å². The lowest BCUT2D eigenvalue weighted by Crippen LogP contribution is -1.99. The van der Waals surface area contributed by atoms with Gasteiger partial charge in [-0.2, -0.15) is 5.10 Å². The highest BCUT2D eigenvalue weighted by molar-refractivity contribution is 7.18. The standard InChI is InChI=1S/C18H20N4O3S/c1-10(2)16-7-12-17(19-9-20-18(12)26-16)22-21-8-13-14(24-3)5-11(23)6-15(13)25-4/h5-10,23H,1-4H3,(H,19,20,22)/b21-8+. The maximum absolute atomic E-state index is 9.71. The van der Waals surface area contributed by atoms with E-state index in [0.29, 0.717) is 28.8 Å². The number of phenols is 1. The van der Waals surface area contributed by atoms with E-state index in [1.165, 1.54) is 37.6 Å². The molecule has 1 aromatic carbocycles. The largest absolute Gasteiger partial charge is 0.508 e. The lowest BCUT2D eigenvalue weighted by molar-refractivity contribution is 0.384. The van der Waals surface area contributed by atoms with Crippen LogP contribution in [0.25, 0.3) is 10.2 Å². The van der Waals surface area contributed by atoms with E-state index in [9.17, 15) is 5.11 Å². The van der Waals surface area contributed by atoms with Crippen molar-refractivity contribution in [3.63, 3.8) is 0 Å². The second kappa shape index (κ2) is 7.57. The van der Waals surface area contributed by atoms with Gasteiger partial charge in [-0.15, -0.1) is 11.3 Å². The Labute approximate surface area is 155 Å². The number of hydrogen-bond acceptors (Lipinski definition) is 8. The van der Waals surface area contributed by atoms with Gasteiger partial charge in [-0.3, -0.25) is 5.43 Å². The van der Waals surface area contributed by atoms with Crippen molar-refractivity contribution in [1.29, 1.82) is 0 Å². The maximum Gasteiger partial charge on any atom is 0.158 e. The highest BCUT2D eigenvalue weighted by Gasteiger charge is 2.12. The Kier molecular flexibility index (Phi) is 5.22. The zero-order valence-corrected chi connectivity index (χ0v) is 15.8. The van der Waals surface area contributed by atoms with Crippen molar-refractivity contribution < 1.29 is 14.6 Å². The number of rotatable bonds is 6. The van der Waals surface area contributed by atoms with Gasteiger partial charge in [0.2, 0.25) is 0 Å². The molecule has 0 aliphatic carbocycles. The Morgan fingerprint density at radius 2 is 1.85 bits per heavy atom. The van der Waals surface area contributed by atoms with Gasteiger partial charge in [0, 0.05) is 17.0 Å². The molecule has 0 fully saturated rings. The smallest absolute Gasteiger partial charge is 0.158 e. The molecular formula is C18H20N4O3S. The molecule has 0 amide bonds. The van der Waals surface area contributed by atoms with Crippen LogP contribution in [0.15, 0.2) is 29.6 Å². The third-order valence-electron chi connectivity index (χ3n) is 3.81. The highest BCUT2D eigenvalue weighted by Crippen LogP contribution is 2.33. The van der Waals surface area contributed by atoms with Crippen LogP contribution in [0.4, 0.5) is 5.82 Å². The summed E-state index contributed by atoms with van der Waals surface area (Å²) in [6.07, 6.45) is 3.09. The van der Waals surface area contributed by atoms with E-state index >= 15 is 0 Å². The van der Waals surface area contributed by atoms with E-state index in [4.69, 9.17) is 9.47 Å². The fraction of sp³-hybridized carbons (Fsp3) is 0.278. The number of thiophene rings is 1. The fourth-order valence-corrected chi connectivity index (χ4v) is 3.46. The quantitative estimate of drug-likeness (QED) is 0.502. The lowest BCUT2D eigenvalue weighted by Gasteiger charge is -2.10. The van der Waals surface area contributed by atoms with Crippen molar-refractivity contribution in [3.8, 4) is 17.2 Å². The van der Waals surface area contributed by atoms with Gasteiger partial charge in [0.1, 0.15) is 28.4 Å². The Morgan fingerprint density at radius 3 is 2.46 bits per heavy atom. The molecule has 3 rings (SSSR count). The average Bonchev–Trinajstić information content (AvgIpc) is 3.07. The van der Waals surface area contributed by atoms with Gasteiger partial charge in [0.05, 0.1) is 31.4 Å². The Balaban J connectivity index is 1.91. The zero-order valence-electron chi connectivity index (χ0n) is 15.0. The molecule has 0 bridgehead atoms. The van der Waals surface area contributed by atoms with Crippen LogP contribution < -0.4 is 14.9 Å². The predicted molar refractivity (Wildman–Crippen MR) is 104 cm³/mol. The van der Waals surface area contributed by atoms with E-state index in [2.05, 4.69) is 40.4 Å². The van der Waals surface area contributed by atoms with Crippen LogP contribution in [-0.2, 0) is 0 Å². The minimum absolute atomic E-state index is 0.0563. The molecule has 2 N–H and O–H groups in total. The molecule has 136 valence electrons. The van der Waals surface area contributed by atoms with Crippen LogP contribution in [0, 0.1) is 0 Å². The Morgan fingerprint density at radius 1 is 1.15 bits per heavy atom. The van der Waals surface area contributed by atoms with Gasteiger partial charge in [0.25, 0.3) is 0 Å². The van der Waals surface area contributed by atoms with Gasteiger partial charge in [-0.05, 0) is 12.0 Å². The van der Waals surface area contributed by atoms with Crippen molar-refractivity contribution in [2.45, 2.75) is 19.8 Å². The number of anilines is 1. The van der Waals surface area contributed by atoms with Crippen LogP contribution in [0.1, 0.15) is 30.2 Å². The second-order valence-electron chi connectivity index (χ2n) is 5.88. The monoisotopic (exact) mass is 372 g/mol. The SMILES string of the molecule is COc1cc(O)cc(OC)c1/C=N/Nc1ncnc2sc(C(C)C)cc12. The number of hydrazone groups is 1. The molecule has 0 atom stereocenters. The third kappa shape index (κ3) is 3.55. The molecule has 0 unspecified atom stereocenters. The summed E-state index contributed by atoms with van der Waals surface area (Å²) in [6, 6.07) is 5.09. The number of nitrogens with zero attached hydrogens (tertiary/aromatic N) is 3. The summed E-state index contributed by atoms with van der Waals surface area (Å²) in [6.45, 7) is 4.29. The summed E-state index contributed by atoms with van der Waals surface area (Å²) in [4.78, 5) is 10.8. The zero-order chi connectivity index (χ0) is 18.7. The van der Waals surface area contributed by atoms with E-state index in [1.807, 2.05) is 0 Å². The Bertz CT molecular complexity index is 928. The van der Waals surface area contributed by atoms with Gasteiger partial charge in [-0.25, -0.2) is 9.97 Å². The van der Waals surface area contributed by atoms with Crippen molar-refractivity contribution in [2.75, 3.05) is 19.6 Å². The molecule has 0 radical (unpaired) electrons. The first kappa shape index (κ1) is 17.9. The van der Waals surface area contributed by atoms with E-state index in [-0.39, 0.29) is 5.75 Å². The molecule has 26 heavy (non-hydrogen) atoms. The van der Waals surface area contributed by atoms with Gasteiger partial charge in [0.15, 0.2) is 5.82 Å². The number of hydrogen-bond donors (Lipinski definition) is 2. The number of ether oxygens (including phenoxy) is 2. The molecule has 0 saturated heterocycles. The molecule has 0 aliphatic rings. The van der Waals surface area contributed by atoms with Crippen LogP contribution in [0.3, 0.4) is 0 Å². The van der Waals surface area contributed by atoms with E-state index < -0.39 is 0 Å².